The lowest BCUT2D eigenvalue weighted by atomic mass is 9.72. The fourth-order valence-corrected chi connectivity index (χ4v) is 3.17. The van der Waals surface area contributed by atoms with E-state index in [-0.39, 0.29) is 5.54 Å². The lowest BCUT2D eigenvalue weighted by Crippen LogP contribution is -2.65. The second kappa shape index (κ2) is 5.25. The highest BCUT2D eigenvalue weighted by Gasteiger charge is 2.51. The minimum atomic E-state index is 0.255. The summed E-state index contributed by atoms with van der Waals surface area (Å²) >= 11 is 0. The maximum atomic E-state index is 6.07. The number of hydrogen-bond donors (Lipinski definition) is 1. The highest BCUT2D eigenvalue weighted by molar-refractivity contribution is 5.08. The SMILES string of the molecule is CCOC1CC(CN)(N(CC(C)C)C2CC2)C1. The molecule has 0 saturated heterocycles. The number of nitrogens with two attached hydrogens (primary N) is 1. The second-order valence-corrected chi connectivity index (χ2v) is 6.19. The molecule has 0 bridgehead atoms. The molecule has 2 aliphatic rings. The predicted molar refractivity (Wildman–Crippen MR) is 71.0 cm³/mol. The molecule has 2 fully saturated rings. The van der Waals surface area contributed by atoms with Crippen molar-refractivity contribution in [3.63, 3.8) is 0 Å². The predicted octanol–water partition coefficient (Wildman–Crippen LogP) is 2.00. The van der Waals surface area contributed by atoms with Gasteiger partial charge in [0.15, 0.2) is 0 Å². The van der Waals surface area contributed by atoms with Crippen LogP contribution < -0.4 is 5.73 Å². The minimum absolute atomic E-state index is 0.255. The first-order valence-corrected chi connectivity index (χ1v) is 7.19. The van der Waals surface area contributed by atoms with Crippen LogP contribution in [0.4, 0.5) is 0 Å². The van der Waals surface area contributed by atoms with Gasteiger partial charge < -0.3 is 10.5 Å². The number of nitrogens with zero attached hydrogens (tertiary/aromatic N) is 1. The first-order valence-electron chi connectivity index (χ1n) is 7.19. The molecule has 2 rings (SSSR count). The highest BCUT2D eigenvalue weighted by Crippen LogP contribution is 2.44. The van der Waals surface area contributed by atoms with Crippen LogP contribution in [-0.4, -0.2) is 42.3 Å². The van der Waals surface area contributed by atoms with Crippen LogP contribution in [0, 0.1) is 5.92 Å². The molecule has 2 saturated carbocycles. The van der Waals surface area contributed by atoms with E-state index in [0.29, 0.717) is 6.10 Å². The summed E-state index contributed by atoms with van der Waals surface area (Å²) in [7, 11) is 0. The molecule has 0 aliphatic heterocycles. The Labute approximate surface area is 106 Å². The second-order valence-electron chi connectivity index (χ2n) is 6.19. The molecular weight excluding hydrogens is 212 g/mol. The van der Waals surface area contributed by atoms with Crippen LogP contribution in [-0.2, 0) is 4.74 Å². The van der Waals surface area contributed by atoms with E-state index in [1.54, 1.807) is 0 Å². The summed E-state index contributed by atoms with van der Waals surface area (Å²) in [6, 6.07) is 0.809. The lowest BCUT2D eigenvalue weighted by molar-refractivity contribution is -0.106. The van der Waals surface area contributed by atoms with Crippen molar-refractivity contribution in [2.24, 2.45) is 11.7 Å². The van der Waals surface area contributed by atoms with Gasteiger partial charge in [0.05, 0.1) is 6.10 Å². The van der Waals surface area contributed by atoms with Crippen molar-refractivity contribution in [3.8, 4) is 0 Å². The molecule has 0 aromatic heterocycles. The third-order valence-corrected chi connectivity index (χ3v) is 4.16. The Morgan fingerprint density at radius 1 is 1.35 bits per heavy atom. The molecule has 0 heterocycles. The topological polar surface area (TPSA) is 38.5 Å². The Balaban J connectivity index is 1.95. The van der Waals surface area contributed by atoms with Crippen molar-refractivity contribution in [2.75, 3.05) is 19.7 Å². The third kappa shape index (κ3) is 2.83. The largest absolute Gasteiger partial charge is 0.378 e. The van der Waals surface area contributed by atoms with Crippen molar-refractivity contribution < 1.29 is 4.74 Å². The molecule has 2 aliphatic carbocycles. The van der Waals surface area contributed by atoms with E-state index < -0.39 is 0 Å². The van der Waals surface area contributed by atoms with E-state index in [0.717, 1.165) is 38.0 Å². The van der Waals surface area contributed by atoms with Crippen LogP contribution in [0.3, 0.4) is 0 Å². The Kier molecular flexibility index (Phi) is 4.11. The molecular formula is C14H28N2O. The van der Waals surface area contributed by atoms with Gasteiger partial charge >= 0.3 is 0 Å². The summed E-state index contributed by atoms with van der Waals surface area (Å²) < 4.78 is 5.71. The average molecular weight is 240 g/mol. The summed E-state index contributed by atoms with van der Waals surface area (Å²) in [5, 5.41) is 0. The average Bonchev–Trinajstić information content (AvgIpc) is 3.03. The number of hydrogen-bond acceptors (Lipinski definition) is 3. The molecule has 3 heteroatoms. The third-order valence-electron chi connectivity index (χ3n) is 4.16. The molecule has 0 radical (unpaired) electrons. The van der Waals surface area contributed by atoms with Crippen molar-refractivity contribution >= 4 is 0 Å². The minimum Gasteiger partial charge on any atom is -0.378 e. The van der Waals surface area contributed by atoms with Gasteiger partial charge in [-0.2, -0.15) is 0 Å². The number of rotatable bonds is 7. The Morgan fingerprint density at radius 2 is 2.00 bits per heavy atom. The molecule has 17 heavy (non-hydrogen) atoms. The van der Waals surface area contributed by atoms with E-state index >= 15 is 0 Å². The van der Waals surface area contributed by atoms with Gasteiger partial charge in [0.1, 0.15) is 0 Å². The molecule has 0 spiro atoms. The lowest BCUT2D eigenvalue weighted by Gasteiger charge is -2.54. The summed E-state index contributed by atoms with van der Waals surface area (Å²) in [6.45, 7) is 9.51. The van der Waals surface area contributed by atoms with E-state index in [9.17, 15) is 0 Å². The molecule has 100 valence electrons. The van der Waals surface area contributed by atoms with Crippen LogP contribution in [0.15, 0.2) is 0 Å². The standard InChI is InChI=1S/C14H28N2O/c1-4-17-13-7-14(8-13,10-15)16(9-11(2)3)12-5-6-12/h11-13H,4-10,15H2,1-3H3. The number of ether oxygens (including phenoxy) is 1. The maximum absolute atomic E-state index is 6.07. The van der Waals surface area contributed by atoms with Crippen LogP contribution >= 0.6 is 0 Å². The smallest absolute Gasteiger partial charge is 0.0611 e. The molecule has 0 aromatic carbocycles. The summed E-state index contributed by atoms with van der Waals surface area (Å²) in [5.74, 6) is 0.727. The van der Waals surface area contributed by atoms with Crippen LogP contribution in [0.1, 0.15) is 46.5 Å². The zero-order chi connectivity index (χ0) is 12.5. The van der Waals surface area contributed by atoms with Gasteiger partial charge in [-0.15, -0.1) is 0 Å². The fourth-order valence-electron chi connectivity index (χ4n) is 3.17. The summed E-state index contributed by atoms with van der Waals surface area (Å²) in [4.78, 5) is 2.70. The van der Waals surface area contributed by atoms with E-state index in [4.69, 9.17) is 10.5 Å². The van der Waals surface area contributed by atoms with E-state index in [1.165, 1.54) is 19.4 Å². The van der Waals surface area contributed by atoms with Gasteiger partial charge in [0.2, 0.25) is 0 Å². The molecule has 2 N–H and O–H groups in total. The highest BCUT2D eigenvalue weighted by atomic mass is 16.5. The fraction of sp³-hybridized carbons (Fsp3) is 1.00. The summed E-state index contributed by atoms with van der Waals surface area (Å²) in [6.07, 6.45) is 5.47. The zero-order valence-corrected chi connectivity index (χ0v) is 11.6. The van der Waals surface area contributed by atoms with Crippen LogP contribution in [0.25, 0.3) is 0 Å². The van der Waals surface area contributed by atoms with E-state index in [1.807, 2.05) is 0 Å². The Bertz CT molecular complexity index is 245. The Morgan fingerprint density at radius 3 is 2.41 bits per heavy atom. The molecule has 3 nitrogen and oxygen atoms in total. The van der Waals surface area contributed by atoms with Gasteiger partial charge in [0.25, 0.3) is 0 Å². The first kappa shape index (κ1) is 13.3. The van der Waals surface area contributed by atoms with Gasteiger partial charge in [0, 0.05) is 31.3 Å². The van der Waals surface area contributed by atoms with Gasteiger partial charge in [-0.25, -0.2) is 0 Å². The molecule has 0 amide bonds. The van der Waals surface area contributed by atoms with Gasteiger partial charge in [-0.05, 0) is 38.5 Å². The monoisotopic (exact) mass is 240 g/mol. The van der Waals surface area contributed by atoms with Gasteiger partial charge in [-0.3, -0.25) is 4.90 Å². The van der Waals surface area contributed by atoms with Crippen molar-refractivity contribution in [2.45, 2.75) is 64.1 Å². The van der Waals surface area contributed by atoms with Crippen molar-refractivity contribution in [3.05, 3.63) is 0 Å². The van der Waals surface area contributed by atoms with Crippen LogP contribution in [0.2, 0.25) is 0 Å². The summed E-state index contributed by atoms with van der Waals surface area (Å²) in [5.41, 5.74) is 6.33. The molecule has 0 atom stereocenters. The zero-order valence-electron chi connectivity index (χ0n) is 11.6. The van der Waals surface area contributed by atoms with Crippen molar-refractivity contribution in [1.82, 2.24) is 4.90 Å². The first-order chi connectivity index (χ1) is 8.11. The van der Waals surface area contributed by atoms with E-state index in [2.05, 4.69) is 25.7 Å². The van der Waals surface area contributed by atoms with Gasteiger partial charge in [-0.1, -0.05) is 13.8 Å². The normalized spacial score (nSPS) is 33.2. The van der Waals surface area contributed by atoms with Crippen molar-refractivity contribution in [1.29, 1.82) is 0 Å². The molecule has 0 unspecified atom stereocenters. The maximum Gasteiger partial charge on any atom is 0.0611 e. The molecule has 0 aromatic rings. The quantitative estimate of drug-likeness (QED) is 0.740. The Hall–Kier alpha value is -0.120. The van der Waals surface area contributed by atoms with Crippen LogP contribution in [0.5, 0.6) is 0 Å².